The lowest BCUT2D eigenvalue weighted by Gasteiger charge is -2.11. The zero-order valence-electron chi connectivity index (χ0n) is 9.10. The van der Waals surface area contributed by atoms with Gasteiger partial charge in [-0.25, -0.2) is 0 Å². The SMILES string of the molecule is CC1=CP(=O)(c2ccccc2)C2CC12C. The van der Waals surface area contributed by atoms with E-state index in [9.17, 15) is 4.57 Å². The van der Waals surface area contributed by atoms with Crippen molar-refractivity contribution < 1.29 is 4.57 Å². The lowest BCUT2D eigenvalue weighted by Crippen LogP contribution is -2.05. The van der Waals surface area contributed by atoms with Crippen molar-refractivity contribution in [2.75, 3.05) is 0 Å². The fourth-order valence-electron chi connectivity index (χ4n) is 2.77. The number of hydrogen-bond acceptors (Lipinski definition) is 1. The van der Waals surface area contributed by atoms with Gasteiger partial charge < -0.3 is 4.57 Å². The number of fused-ring (bicyclic) bond motifs is 1. The van der Waals surface area contributed by atoms with Crippen LogP contribution >= 0.6 is 7.14 Å². The van der Waals surface area contributed by atoms with Gasteiger partial charge in [-0.15, -0.1) is 0 Å². The van der Waals surface area contributed by atoms with Gasteiger partial charge in [-0.2, -0.15) is 0 Å². The van der Waals surface area contributed by atoms with E-state index >= 15 is 0 Å². The van der Waals surface area contributed by atoms with Crippen molar-refractivity contribution in [3.63, 3.8) is 0 Å². The number of allylic oxidation sites excluding steroid dienone is 1. The third-order valence-corrected chi connectivity index (χ3v) is 7.66. The van der Waals surface area contributed by atoms with Crippen molar-refractivity contribution >= 4 is 12.4 Å². The third kappa shape index (κ3) is 1.08. The summed E-state index contributed by atoms with van der Waals surface area (Å²) in [5.41, 5.74) is 1.98. The van der Waals surface area contributed by atoms with E-state index < -0.39 is 7.14 Å². The second kappa shape index (κ2) is 2.65. The highest BCUT2D eigenvalue weighted by Crippen LogP contribution is 2.77. The van der Waals surface area contributed by atoms with Crippen LogP contribution in [0.1, 0.15) is 20.3 Å². The van der Waals surface area contributed by atoms with Crippen LogP contribution in [0.2, 0.25) is 0 Å². The molecule has 15 heavy (non-hydrogen) atoms. The molecular formula is C13H15OP. The Morgan fingerprint density at radius 1 is 1.33 bits per heavy atom. The first-order chi connectivity index (χ1) is 7.07. The van der Waals surface area contributed by atoms with Crippen LogP contribution in [0.5, 0.6) is 0 Å². The normalized spacial score (nSPS) is 42.3. The standard InChI is InChI=1S/C13H15OP/c1-10-9-15(14,12-8-13(10,12)2)11-6-4-3-5-7-11/h3-7,9,12H,8H2,1-2H3. The summed E-state index contributed by atoms with van der Waals surface area (Å²) < 4.78 is 12.9. The predicted molar refractivity (Wildman–Crippen MR) is 64.0 cm³/mol. The summed E-state index contributed by atoms with van der Waals surface area (Å²) in [7, 11) is -2.22. The van der Waals surface area contributed by atoms with Crippen LogP contribution in [0.4, 0.5) is 0 Å². The summed E-state index contributed by atoms with van der Waals surface area (Å²) in [5, 5.41) is 1.04. The number of rotatable bonds is 1. The van der Waals surface area contributed by atoms with Gasteiger partial charge >= 0.3 is 0 Å². The van der Waals surface area contributed by atoms with Crippen LogP contribution in [0.15, 0.2) is 41.7 Å². The Kier molecular flexibility index (Phi) is 1.66. The minimum atomic E-state index is -2.22. The monoisotopic (exact) mass is 218 g/mol. The minimum Gasteiger partial charge on any atom is -0.314 e. The van der Waals surface area contributed by atoms with Crippen LogP contribution in [-0.2, 0) is 4.57 Å². The first-order valence-electron chi connectivity index (χ1n) is 5.42. The van der Waals surface area contributed by atoms with E-state index in [2.05, 4.69) is 19.7 Å². The molecule has 1 aromatic rings. The maximum absolute atomic E-state index is 12.9. The van der Waals surface area contributed by atoms with Gasteiger partial charge in [0.2, 0.25) is 0 Å². The van der Waals surface area contributed by atoms with E-state index in [1.807, 2.05) is 30.3 Å². The van der Waals surface area contributed by atoms with Crippen molar-refractivity contribution in [3.05, 3.63) is 41.7 Å². The molecule has 0 bridgehead atoms. The van der Waals surface area contributed by atoms with Gasteiger partial charge in [0.1, 0.15) is 7.14 Å². The Labute approximate surface area is 90.6 Å². The molecule has 1 heterocycles. The van der Waals surface area contributed by atoms with Crippen molar-refractivity contribution in [1.29, 1.82) is 0 Å². The van der Waals surface area contributed by atoms with Crippen LogP contribution in [0.25, 0.3) is 0 Å². The molecule has 1 aromatic carbocycles. The van der Waals surface area contributed by atoms with E-state index in [1.165, 1.54) is 5.57 Å². The molecule has 3 atom stereocenters. The third-order valence-electron chi connectivity index (χ3n) is 4.10. The number of hydrogen-bond donors (Lipinski definition) is 0. The van der Waals surface area contributed by atoms with Crippen LogP contribution in [0.3, 0.4) is 0 Å². The Morgan fingerprint density at radius 2 is 2.00 bits per heavy atom. The van der Waals surface area contributed by atoms with Crippen molar-refractivity contribution in [2.45, 2.75) is 25.9 Å². The quantitative estimate of drug-likeness (QED) is 0.660. The van der Waals surface area contributed by atoms with Crippen molar-refractivity contribution in [3.8, 4) is 0 Å². The smallest absolute Gasteiger partial charge is 0.140 e. The maximum atomic E-state index is 12.9. The largest absolute Gasteiger partial charge is 0.314 e. The van der Waals surface area contributed by atoms with Crippen LogP contribution in [-0.4, -0.2) is 5.66 Å². The molecule has 3 unspecified atom stereocenters. The molecule has 2 aliphatic rings. The Bertz CT molecular complexity index is 489. The zero-order chi connectivity index (χ0) is 10.7. The summed E-state index contributed by atoms with van der Waals surface area (Å²) in [6, 6.07) is 9.96. The Hall–Kier alpha value is -0.810. The van der Waals surface area contributed by atoms with E-state index in [1.54, 1.807) is 0 Å². The van der Waals surface area contributed by atoms with Gasteiger partial charge in [0, 0.05) is 11.0 Å². The predicted octanol–water partition coefficient (Wildman–Crippen LogP) is 3.37. The first kappa shape index (κ1) is 9.42. The van der Waals surface area contributed by atoms with Crippen molar-refractivity contribution in [1.82, 2.24) is 0 Å². The highest BCUT2D eigenvalue weighted by Gasteiger charge is 2.64. The lowest BCUT2D eigenvalue weighted by atomic mass is 10.0. The van der Waals surface area contributed by atoms with Gasteiger partial charge in [-0.3, -0.25) is 0 Å². The average Bonchev–Trinajstić information content (AvgIpc) is 2.89. The van der Waals surface area contributed by atoms with E-state index in [4.69, 9.17) is 0 Å². The summed E-state index contributed by atoms with van der Waals surface area (Å²) in [4.78, 5) is 0. The molecule has 78 valence electrons. The van der Waals surface area contributed by atoms with E-state index in [0.29, 0.717) is 5.66 Å². The molecule has 3 rings (SSSR count). The molecule has 0 spiro atoms. The van der Waals surface area contributed by atoms with Crippen molar-refractivity contribution in [2.24, 2.45) is 5.41 Å². The molecular weight excluding hydrogens is 203 g/mol. The van der Waals surface area contributed by atoms with Gasteiger partial charge in [0.25, 0.3) is 0 Å². The van der Waals surface area contributed by atoms with Gasteiger partial charge in [-0.1, -0.05) is 42.8 Å². The topological polar surface area (TPSA) is 17.1 Å². The molecule has 2 heteroatoms. The lowest BCUT2D eigenvalue weighted by molar-refractivity contribution is 0.584. The molecule has 1 aliphatic heterocycles. The molecule has 0 saturated heterocycles. The Balaban J connectivity index is 2.13. The van der Waals surface area contributed by atoms with E-state index in [0.717, 1.165) is 11.7 Å². The van der Waals surface area contributed by atoms with Crippen LogP contribution in [0, 0.1) is 5.41 Å². The highest BCUT2D eigenvalue weighted by atomic mass is 31.2. The molecule has 1 fully saturated rings. The number of benzene rings is 1. The summed E-state index contributed by atoms with van der Waals surface area (Å²) in [6.07, 6.45) is 1.11. The molecule has 1 saturated carbocycles. The van der Waals surface area contributed by atoms with E-state index in [-0.39, 0.29) is 5.41 Å². The summed E-state index contributed by atoms with van der Waals surface area (Å²) >= 11 is 0. The van der Waals surface area contributed by atoms with Crippen LogP contribution < -0.4 is 5.30 Å². The van der Waals surface area contributed by atoms with Gasteiger partial charge in [-0.05, 0) is 24.6 Å². The zero-order valence-corrected chi connectivity index (χ0v) is 10.00. The highest BCUT2D eigenvalue weighted by molar-refractivity contribution is 7.76. The second-order valence-corrected chi connectivity index (χ2v) is 7.81. The maximum Gasteiger partial charge on any atom is 0.140 e. The summed E-state index contributed by atoms with van der Waals surface area (Å²) in [5.74, 6) is 2.05. The first-order valence-corrected chi connectivity index (χ1v) is 7.27. The van der Waals surface area contributed by atoms with Gasteiger partial charge in [0.15, 0.2) is 0 Å². The molecule has 0 amide bonds. The molecule has 1 nitrogen and oxygen atoms in total. The molecule has 1 aliphatic carbocycles. The second-order valence-electron chi connectivity index (χ2n) is 4.99. The summed E-state index contributed by atoms with van der Waals surface area (Å²) in [6.45, 7) is 4.37. The molecule has 0 radical (unpaired) electrons. The molecule has 0 N–H and O–H groups in total. The minimum absolute atomic E-state index is 0.255. The fraction of sp³-hybridized carbons (Fsp3) is 0.385. The molecule has 0 aromatic heterocycles. The average molecular weight is 218 g/mol. The Morgan fingerprint density at radius 3 is 2.47 bits per heavy atom. The fourth-order valence-corrected chi connectivity index (χ4v) is 6.66. The van der Waals surface area contributed by atoms with Gasteiger partial charge in [0.05, 0.1) is 0 Å².